The van der Waals surface area contributed by atoms with Crippen molar-refractivity contribution in [3.05, 3.63) is 35.4 Å². The number of halogens is 2. The topological polar surface area (TPSA) is 18.5 Å². The van der Waals surface area contributed by atoms with Crippen LogP contribution in [0.4, 0.5) is 0 Å². The van der Waals surface area contributed by atoms with Gasteiger partial charge in [0.25, 0.3) is 0 Å². The Bertz CT molecular complexity index is 614. The lowest BCUT2D eigenvalue weighted by Gasteiger charge is -2.15. The first-order valence-corrected chi connectivity index (χ1v) is 9.22. The van der Waals surface area contributed by atoms with Crippen molar-refractivity contribution in [2.75, 3.05) is 19.1 Å². The van der Waals surface area contributed by atoms with Crippen molar-refractivity contribution in [3.63, 3.8) is 0 Å². The second-order valence-electron chi connectivity index (χ2n) is 5.53. The zero-order chi connectivity index (χ0) is 16.5. The summed E-state index contributed by atoms with van der Waals surface area (Å²) in [4.78, 5) is 0. The predicted molar refractivity (Wildman–Crippen MR) is 99.4 cm³/mol. The van der Waals surface area contributed by atoms with Crippen LogP contribution in [0.3, 0.4) is 0 Å². The fourth-order valence-electron chi connectivity index (χ4n) is 2.49. The molecule has 0 amide bonds. The first-order valence-electron chi connectivity index (χ1n) is 8.30. The Balaban J connectivity index is 2.17. The number of hydrogen-bond acceptors (Lipinski definition) is 2. The Morgan fingerprint density at radius 2 is 1.65 bits per heavy atom. The zero-order valence-corrected chi connectivity index (χ0v) is 15.1. The first-order chi connectivity index (χ1) is 11.3. The molecule has 4 heteroatoms. The first kappa shape index (κ1) is 18.2. The minimum Gasteiger partial charge on any atom is -0.493 e. The number of unbranched alkanes of at least 4 members (excludes halogenated alkanes) is 3. The number of benzene rings is 2. The third kappa shape index (κ3) is 5.19. The molecule has 0 saturated heterocycles. The molecule has 0 saturated carbocycles. The summed E-state index contributed by atoms with van der Waals surface area (Å²) >= 11 is 12.1. The van der Waals surface area contributed by atoms with E-state index >= 15 is 0 Å². The summed E-state index contributed by atoms with van der Waals surface area (Å²) in [5, 5.41) is 2.62. The molecule has 0 aromatic heterocycles. The Hall–Kier alpha value is -1.12. The molecule has 0 fully saturated rings. The molecule has 0 aliphatic heterocycles. The molecule has 0 N–H and O–H groups in total. The summed E-state index contributed by atoms with van der Waals surface area (Å²) in [5.74, 6) is 2.13. The van der Waals surface area contributed by atoms with Gasteiger partial charge in [0.1, 0.15) is 11.5 Å². The summed E-state index contributed by atoms with van der Waals surface area (Å²) in [7, 11) is 0. The van der Waals surface area contributed by atoms with E-state index in [1.165, 1.54) is 19.3 Å². The fraction of sp³-hybridized carbons (Fsp3) is 0.474. The SMILES string of the molecule is CCCCCCOc1c(Cl)cc(OCCCCl)c2ccccc12. The standard InChI is InChI=1S/C19H24Cl2O2/c1-2-3-4-7-12-23-19-16-10-6-5-9-15(16)18(14-17(19)21)22-13-8-11-20/h5-6,9-10,14H,2-4,7-8,11-13H2,1H3. The van der Waals surface area contributed by atoms with Crippen molar-refractivity contribution in [1.82, 2.24) is 0 Å². The van der Waals surface area contributed by atoms with E-state index in [9.17, 15) is 0 Å². The average molecular weight is 355 g/mol. The van der Waals surface area contributed by atoms with Crippen molar-refractivity contribution in [3.8, 4) is 11.5 Å². The van der Waals surface area contributed by atoms with Gasteiger partial charge >= 0.3 is 0 Å². The van der Waals surface area contributed by atoms with Crippen molar-refractivity contribution < 1.29 is 9.47 Å². The summed E-state index contributed by atoms with van der Waals surface area (Å²) in [6.45, 7) is 3.48. The van der Waals surface area contributed by atoms with Gasteiger partial charge in [-0.15, -0.1) is 11.6 Å². The molecule has 2 aromatic rings. The highest BCUT2D eigenvalue weighted by atomic mass is 35.5. The molecular formula is C19H24Cl2O2. The number of hydrogen-bond donors (Lipinski definition) is 0. The Labute approximate surface area is 148 Å². The lowest BCUT2D eigenvalue weighted by molar-refractivity contribution is 0.306. The van der Waals surface area contributed by atoms with Gasteiger partial charge in [0.2, 0.25) is 0 Å². The van der Waals surface area contributed by atoms with E-state index < -0.39 is 0 Å². The second kappa shape index (κ2) is 9.89. The van der Waals surface area contributed by atoms with E-state index in [-0.39, 0.29) is 0 Å². The van der Waals surface area contributed by atoms with Crippen LogP contribution >= 0.6 is 23.2 Å². The van der Waals surface area contributed by atoms with Gasteiger partial charge in [-0.1, -0.05) is 62.1 Å². The number of alkyl halides is 1. The Kier molecular flexibility index (Phi) is 7.84. The highest BCUT2D eigenvalue weighted by Crippen LogP contribution is 2.39. The highest BCUT2D eigenvalue weighted by molar-refractivity contribution is 6.33. The molecule has 0 heterocycles. The van der Waals surface area contributed by atoms with Crippen LogP contribution in [0, 0.1) is 0 Å². The van der Waals surface area contributed by atoms with Gasteiger partial charge in [-0.2, -0.15) is 0 Å². The highest BCUT2D eigenvalue weighted by Gasteiger charge is 2.13. The molecule has 0 radical (unpaired) electrons. The van der Waals surface area contributed by atoms with E-state index in [0.717, 1.165) is 35.1 Å². The third-order valence-electron chi connectivity index (χ3n) is 3.69. The molecule has 23 heavy (non-hydrogen) atoms. The van der Waals surface area contributed by atoms with Gasteiger partial charge in [-0.3, -0.25) is 0 Å². The molecule has 0 aliphatic carbocycles. The van der Waals surface area contributed by atoms with Gasteiger partial charge < -0.3 is 9.47 Å². The van der Waals surface area contributed by atoms with Crippen LogP contribution in [-0.2, 0) is 0 Å². The predicted octanol–water partition coefficient (Wildman–Crippen LogP) is 6.46. The van der Waals surface area contributed by atoms with Crippen molar-refractivity contribution >= 4 is 34.0 Å². The molecular weight excluding hydrogens is 331 g/mol. The normalized spacial score (nSPS) is 10.9. The Morgan fingerprint density at radius 3 is 2.39 bits per heavy atom. The van der Waals surface area contributed by atoms with Crippen LogP contribution in [0.1, 0.15) is 39.0 Å². The van der Waals surface area contributed by atoms with Crippen LogP contribution in [0.5, 0.6) is 11.5 Å². The average Bonchev–Trinajstić information content (AvgIpc) is 2.57. The van der Waals surface area contributed by atoms with Crippen molar-refractivity contribution in [2.45, 2.75) is 39.0 Å². The van der Waals surface area contributed by atoms with E-state index in [1.807, 2.05) is 30.3 Å². The van der Waals surface area contributed by atoms with Crippen LogP contribution < -0.4 is 9.47 Å². The number of fused-ring (bicyclic) bond motifs is 1. The fourth-order valence-corrected chi connectivity index (χ4v) is 2.85. The molecule has 2 aromatic carbocycles. The summed E-state index contributed by atoms with van der Waals surface area (Å²) in [5.41, 5.74) is 0. The molecule has 0 bridgehead atoms. The van der Waals surface area contributed by atoms with Gasteiger partial charge in [-0.25, -0.2) is 0 Å². The van der Waals surface area contributed by atoms with Crippen LogP contribution in [0.2, 0.25) is 5.02 Å². The van der Waals surface area contributed by atoms with Crippen LogP contribution in [0.25, 0.3) is 10.8 Å². The minimum atomic E-state index is 0.584. The molecule has 0 atom stereocenters. The summed E-state index contributed by atoms with van der Waals surface area (Å²) < 4.78 is 11.8. The maximum absolute atomic E-state index is 6.43. The molecule has 0 aliphatic rings. The van der Waals surface area contributed by atoms with Crippen LogP contribution in [0.15, 0.2) is 30.3 Å². The van der Waals surface area contributed by atoms with Crippen molar-refractivity contribution in [2.24, 2.45) is 0 Å². The molecule has 126 valence electrons. The minimum absolute atomic E-state index is 0.584. The maximum Gasteiger partial charge on any atom is 0.145 e. The summed E-state index contributed by atoms with van der Waals surface area (Å²) in [6.07, 6.45) is 5.50. The Morgan fingerprint density at radius 1 is 0.913 bits per heavy atom. The lowest BCUT2D eigenvalue weighted by atomic mass is 10.1. The smallest absolute Gasteiger partial charge is 0.145 e. The van der Waals surface area contributed by atoms with E-state index in [4.69, 9.17) is 32.7 Å². The molecule has 0 unspecified atom stereocenters. The van der Waals surface area contributed by atoms with Gasteiger partial charge in [0, 0.05) is 22.7 Å². The number of ether oxygens (including phenoxy) is 2. The number of rotatable bonds is 10. The van der Waals surface area contributed by atoms with E-state index in [0.29, 0.717) is 24.1 Å². The van der Waals surface area contributed by atoms with Crippen molar-refractivity contribution in [1.29, 1.82) is 0 Å². The molecule has 2 nitrogen and oxygen atoms in total. The molecule has 2 rings (SSSR count). The van der Waals surface area contributed by atoms with Gasteiger partial charge in [-0.05, 0) is 12.8 Å². The van der Waals surface area contributed by atoms with E-state index in [1.54, 1.807) is 0 Å². The van der Waals surface area contributed by atoms with E-state index in [2.05, 4.69) is 6.92 Å². The monoisotopic (exact) mass is 354 g/mol. The summed E-state index contributed by atoms with van der Waals surface area (Å²) in [6, 6.07) is 9.89. The largest absolute Gasteiger partial charge is 0.493 e. The molecule has 0 spiro atoms. The lowest BCUT2D eigenvalue weighted by Crippen LogP contribution is -2.01. The quantitative estimate of drug-likeness (QED) is 0.360. The van der Waals surface area contributed by atoms with Gasteiger partial charge in [0.15, 0.2) is 0 Å². The second-order valence-corrected chi connectivity index (χ2v) is 6.32. The maximum atomic E-state index is 6.43. The zero-order valence-electron chi connectivity index (χ0n) is 13.6. The van der Waals surface area contributed by atoms with Crippen LogP contribution in [-0.4, -0.2) is 19.1 Å². The van der Waals surface area contributed by atoms with Gasteiger partial charge in [0.05, 0.1) is 18.2 Å². The third-order valence-corrected chi connectivity index (χ3v) is 4.24.